The van der Waals surface area contributed by atoms with Gasteiger partial charge < -0.3 is 52.8 Å². The highest BCUT2D eigenvalue weighted by atomic mass is 32.1. The summed E-state index contributed by atoms with van der Waals surface area (Å²) in [4.78, 5) is 70.0. The SMILES string of the molecule is CCN.Cc1cc(C)c(C(=O)NCC(=O)N(C)C2C(=O)N[C@@H](C)C(=O)NC(C(=O)NCC#N)Cc3ccc(OCCN)c(c3)-c3cc2ccc3OCCN)s1. The minimum atomic E-state index is -1.29. The first kappa shape index (κ1) is 43.9. The van der Waals surface area contributed by atoms with Crippen molar-refractivity contribution in [2.45, 2.75) is 52.2 Å². The fourth-order valence-electron chi connectivity index (χ4n) is 5.70. The van der Waals surface area contributed by atoms with Gasteiger partial charge in [-0.15, -0.1) is 11.3 Å². The molecule has 1 aliphatic heterocycles. The fourth-order valence-corrected chi connectivity index (χ4v) is 6.65. The summed E-state index contributed by atoms with van der Waals surface area (Å²) in [6.07, 6.45) is 0.0304. The number of hydrogen-bond donors (Lipinski definition) is 7. The molecule has 17 heteroatoms. The molecule has 0 saturated carbocycles. The Morgan fingerprint density at radius 2 is 1.56 bits per heavy atom. The number of amides is 5. The lowest BCUT2D eigenvalue weighted by Gasteiger charge is -2.30. The number of benzene rings is 2. The highest BCUT2D eigenvalue weighted by molar-refractivity contribution is 7.14. The first-order chi connectivity index (χ1) is 26.3. The average Bonchev–Trinajstić information content (AvgIpc) is 3.51. The highest BCUT2D eigenvalue weighted by Crippen LogP contribution is 2.40. The van der Waals surface area contributed by atoms with Crippen LogP contribution in [0.25, 0.3) is 11.1 Å². The van der Waals surface area contributed by atoms with Crippen molar-refractivity contribution in [2.75, 3.05) is 53.0 Å². The zero-order valence-electron chi connectivity index (χ0n) is 31.8. The molecule has 2 unspecified atom stereocenters. The van der Waals surface area contributed by atoms with Gasteiger partial charge in [0.05, 0.1) is 17.5 Å². The first-order valence-corrected chi connectivity index (χ1v) is 18.6. The lowest BCUT2D eigenvalue weighted by molar-refractivity contribution is -0.139. The fraction of sp³-hybridized carbons (Fsp3) is 0.421. The molecular formula is C38H51N9O7S. The number of aryl methyl sites for hydroxylation is 2. The molecule has 0 saturated heterocycles. The third-order valence-electron chi connectivity index (χ3n) is 8.25. The van der Waals surface area contributed by atoms with Crippen LogP contribution in [0.5, 0.6) is 11.5 Å². The minimum Gasteiger partial charge on any atom is -0.492 e. The molecule has 2 aromatic carbocycles. The smallest absolute Gasteiger partial charge is 0.262 e. The van der Waals surface area contributed by atoms with E-state index in [4.69, 9.17) is 31.9 Å². The van der Waals surface area contributed by atoms with Crippen LogP contribution < -0.4 is 47.9 Å². The molecule has 0 fully saturated rings. The number of likely N-dealkylation sites (N-methyl/N-ethyl adjacent to an activating group) is 1. The van der Waals surface area contributed by atoms with Crippen molar-refractivity contribution in [1.82, 2.24) is 26.2 Å². The first-order valence-electron chi connectivity index (χ1n) is 17.8. The molecule has 4 rings (SSSR count). The van der Waals surface area contributed by atoms with Crippen molar-refractivity contribution in [3.63, 3.8) is 0 Å². The number of nitrogens with zero attached hydrogens (tertiary/aromatic N) is 2. The Morgan fingerprint density at radius 3 is 2.15 bits per heavy atom. The van der Waals surface area contributed by atoms with Crippen LogP contribution in [-0.2, 0) is 25.6 Å². The van der Waals surface area contributed by atoms with Crippen LogP contribution in [0.3, 0.4) is 0 Å². The summed E-state index contributed by atoms with van der Waals surface area (Å²) < 4.78 is 12.0. The molecule has 2 heterocycles. The van der Waals surface area contributed by atoms with E-state index in [9.17, 15) is 24.0 Å². The molecule has 4 bridgehead atoms. The molecule has 0 spiro atoms. The van der Waals surface area contributed by atoms with Crippen LogP contribution in [0, 0.1) is 25.2 Å². The number of carbonyl (C=O) groups excluding carboxylic acids is 5. The van der Waals surface area contributed by atoms with E-state index >= 15 is 0 Å². The van der Waals surface area contributed by atoms with Gasteiger partial charge in [0, 0.05) is 42.6 Å². The predicted octanol–water partition coefficient (Wildman–Crippen LogP) is 0.787. The van der Waals surface area contributed by atoms with Crippen molar-refractivity contribution < 1.29 is 33.4 Å². The Balaban J connectivity index is 0.00000262. The van der Waals surface area contributed by atoms with Crippen molar-refractivity contribution >= 4 is 40.9 Å². The molecule has 5 amide bonds. The van der Waals surface area contributed by atoms with Crippen molar-refractivity contribution in [2.24, 2.45) is 17.2 Å². The summed E-state index contributed by atoms with van der Waals surface area (Å²) in [5.74, 6) is -2.14. The summed E-state index contributed by atoms with van der Waals surface area (Å²) in [6.45, 7) is 7.89. The molecule has 0 aliphatic carbocycles. The number of rotatable bonds is 12. The number of carbonyl (C=O) groups is 5. The number of nitrogens with two attached hydrogens (primary N) is 3. The van der Waals surface area contributed by atoms with E-state index in [1.807, 2.05) is 32.9 Å². The molecule has 10 N–H and O–H groups in total. The van der Waals surface area contributed by atoms with Gasteiger partial charge >= 0.3 is 0 Å². The molecule has 296 valence electrons. The van der Waals surface area contributed by atoms with E-state index < -0.39 is 54.2 Å². The van der Waals surface area contributed by atoms with Gasteiger partial charge in [0.15, 0.2) is 0 Å². The number of nitrogens with one attached hydrogen (secondary N) is 4. The zero-order chi connectivity index (χ0) is 40.7. The molecule has 1 aromatic heterocycles. The van der Waals surface area contributed by atoms with Gasteiger partial charge in [0.1, 0.15) is 49.4 Å². The van der Waals surface area contributed by atoms with Crippen LogP contribution in [0.1, 0.15) is 51.1 Å². The van der Waals surface area contributed by atoms with Gasteiger partial charge in [-0.25, -0.2) is 0 Å². The van der Waals surface area contributed by atoms with Crippen LogP contribution in [0.4, 0.5) is 0 Å². The highest BCUT2D eigenvalue weighted by Gasteiger charge is 2.33. The van der Waals surface area contributed by atoms with Gasteiger partial charge in [-0.05, 0) is 74.3 Å². The molecule has 0 radical (unpaired) electrons. The quantitative estimate of drug-likeness (QED) is 0.127. The largest absolute Gasteiger partial charge is 0.492 e. The Bertz CT molecular complexity index is 1880. The van der Waals surface area contributed by atoms with Crippen molar-refractivity contribution in [1.29, 1.82) is 5.26 Å². The predicted molar refractivity (Wildman–Crippen MR) is 209 cm³/mol. The van der Waals surface area contributed by atoms with E-state index in [1.54, 1.807) is 36.4 Å². The Labute approximate surface area is 325 Å². The normalized spacial score (nSPS) is 16.5. The second-order valence-corrected chi connectivity index (χ2v) is 13.9. The average molecular weight is 778 g/mol. The maximum Gasteiger partial charge on any atom is 0.262 e. The van der Waals surface area contributed by atoms with Crippen LogP contribution in [0.15, 0.2) is 42.5 Å². The Morgan fingerprint density at radius 1 is 0.945 bits per heavy atom. The van der Waals surface area contributed by atoms with Crippen LogP contribution in [0.2, 0.25) is 0 Å². The summed E-state index contributed by atoms with van der Waals surface area (Å²) in [7, 11) is 1.43. The van der Waals surface area contributed by atoms with Gasteiger partial charge in [-0.3, -0.25) is 24.0 Å². The van der Waals surface area contributed by atoms with E-state index in [2.05, 4.69) is 21.3 Å². The number of hydrogen-bond acceptors (Lipinski definition) is 12. The van der Waals surface area contributed by atoms with E-state index in [0.717, 1.165) is 17.0 Å². The Kier molecular flexibility index (Phi) is 17.0. The summed E-state index contributed by atoms with van der Waals surface area (Å²) >= 11 is 1.31. The van der Waals surface area contributed by atoms with Gasteiger partial charge in [0.2, 0.25) is 23.6 Å². The molecule has 55 heavy (non-hydrogen) atoms. The standard InChI is InChI=1S/C36H44N8O7S.C2H7N/c1-20-15-21(2)52-32(20)36(49)41-19-30(45)44(4)31-24-6-8-29(51-14-11-39)26(18-24)25-16-23(5-7-28(25)50-13-10-38)17-27(34(47)40-12-9-37)43-33(46)22(3)42-35(31)48;1-2-3/h5-8,15-16,18,22,27,31H,10-14,17,19,38-39H2,1-4H3,(H,40,47)(H,41,49)(H,42,48)(H,43,46);2-3H2,1H3/t22-,27?,31?;/m0./s1. The summed E-state index contributed by atoms with van der Waals surface area (Å²) in [6, 6.07) is 10.4. The van der Waals surface area contributed by atoms with Crippen LogP contribution in [-0.4, -0.2) is 99.5 Å². The molecule has 3 aromatic rings. The van der Waals surface area contributed by atoms with Gasteiger partial charge in [-0.2, -0.15) is 5.26 Å². The van der Waals surface area contributed by atoms with E-state index in [0.29, 0.717) is 38.6 Å². The summed E-state index contributed by atoms with van der Waals surface area (Å²) in [5.41, 5.74) is 19.2. The lowest BCUT2D eigenvalue weighted by Crippen LogP contribution is -2.55. The third kappa shape index (κ3) is 12.0. The molecule has 3 atom stereocenters. The lowest BCUT2D eigenvalue weighted by atomic mass is 9.93. The molecule has 16 nitrogen and oxygen atoms in total. The number of fused-ring (bicyclic) bond motifs is 5. The number of nitriles is 1. The second kappa shape index (κ2) is 21.4. The number of thiophene rings is 1. The Hall–Kier alpha value is -5.54. The second-order valence-electron chi connectivity index (χ2n) is 12.6. The minimum absolute atomic E-state index is 0.0304. The number of ether oxygens (including phenoxy) is 2. The van der Waals surface area contributed by atoms with Gasteiger partial charge in [-0.1, -0.05) is 19.1 Å². The molecular weight excluding hydrogens is 727 g/mol. The van der Waals surface area contributed by atoms with Gasteiger partial charge in [0.25, 0.3) is 5.91 Å². The van der Waals surface area contributed by atoms with E-state index in [-0.39, 0.29) is 39.3 Å². The maximum absolute atomic E-state index is 14.1. The van der Waals surface area contributed by atoms with Crippen molar-refractivity contribution in [3.8, 4) is 28.7 Å². The maximum atomic E-state index is 14.1. The topological polar surface area (TPSA) is 257 Å². The third-order valence-corrected chi connectivity index (χ3v) is 9.40. The molecule has 1 aliphatic rings. The zero-order valence-corrected chi connectivity index (χ0v) is 32.6. The van der Waals surface area contributed by atoms with Crippen LogP contribution >= 0.6 is 11.3 Å². The van der Waals surface area contributed by atoms with Crippen molar-refractivity contribution in [3.05, 3.63) is 68.9 Å². The monoisotopic (exact) mass is 777 g/mol. The summed E-state index contributed by atoms with van der Waals surface area (Å²) in [5, 5.41) is 19.6. The van der Waals surface area contributed by atoms with E-state index in [1.165, 1.54) is 30.2 Å².